The summed E-state index contributed by atoms with van der Waals surface area (Å²) >= 11 is 0. The van der Waals surface area contributed by atoms with Crippen molar-refractivity contribution < 1.29 is 4.79 Å². The molecule has 1 aliphatic rings. The number of aromatic nitrogens is 3. The molecule has 0 atom stereocenters. The van der Waals surface area contributed by atoms with Crippen LogP contribution in [-0.2, 0) is 17.9 Å². The summed E-state index contributed by atoms with van der Waals surface area (Å²) in [7, 11) is 1.83. The number of carbonyl (C=O) groups excluding carboxylic acids is 1. The highest BCUT2D eigenvalue weighted by Crippen LogP contribution is 2.25. The van der Waals surface area contributed by atoms with Gasteiger partial charge in [-0.15, -0.1) is 5.10 Å². The van der Waals surface area contributed by atoms with Crippen LogP contribution in [0, 0.1) is 0 Å². The summed E-state index contributed by atoms with van der Waals surface area (Å²) in [6.45, 7) is 0.604. The summed E-state index contributed by atoms with van der Waals surface area (Å²) in [4.78, 5) is 13.5. The Kier molecular flexibility index (Phi) is 2.68. The third kappa shape index (κ3) is 2.33. The molecule has 1 heterocycles. The molecule has 0 aromatic carbocycles. The molecule has 0 aliphatic heterocycles. The van der Waals surface area contributed by atoms with Crippen molar-refractivity contribution in [2.45, 2.75) is 32.0 Å². The van der Waals surface area contributed by atoms with Crippen molar-refractivity contribution in [2.75, 3.05) is 7.05 Å². The van der Waals surface area contributed by atoms with E-state index in [1.54, 1.807) is 11.1 Å². The Morgan fingerprint density at radius 2 is 2.47 bits per heavy atom. The van der Waals surface area contributed by atoms with Gasteiger partial charge in [-0.3, -0.25) is 4.79 Å². The van der Waals surface area contributed by atoms with Crippen LogP contribution in [0.5, 0.6) is 0 Å². The van der Waals surface area contributed by atoms with Gasteiger partial charge in [0.2, 0.25) is 5.91 Å². The Morgan fingerprint density at radius 1 is 1.73 bits per heavy atom. The zero-order valence-electron chi connectivity index (χ0n) is 8.76. The SMILES string of the molecule is CN(C(=O)Cn1cc(CN)nn1)C1CC1. The monoisotopic (exact) mass is 209 g/mol. The van der Waals surface area contributed by atoms with Gasteiger partial charge in [-0.1, -0.05) is 5.21 Å². The fourth-order valence-corrected chi connectivity index (χ4v) is 1.42. The topological polar surface area (TPSA) is 77.0 Å². The van der Waals surface area contributed by atoms with E-state index in [4.69, 9.17) is 5.73 Å². The maximum Gasteiger partial charge on any atom is 0.244 e. The fourth-order valence-electron chi connectivity index (χ4n) is 1.42. The van der Waals surface area contributed by atoms with Gasteiger partial charge in [0.15, 0.2) is 0 Å². The first-order valence-electron chi connectivity index (χ1n) is 5.05. The second kappa shape index (κ2) is 3.98. The first-order valence-corrected chi connectivity index (χ1v) is 5.05. The minimum Gasteiger partial charge on any atom is -0.341 e. The highest BCUT2D eigenvalue weighted by atomic mass is 16.2. The third-order valence-corrected chi connectivity index (χ3v) is 2.58. The molecule has 2 rings (SSSR count). The quantitative estimate of drug-likeness (QED) is 0.715. The lowest BCUT2D eigenvalue weighted by Gasteiger charge is -2.15. The van der Waals surface area contributed by atoms with Crippen LogP contribution in [0.2, 0.25) is 0 Å². The van der Waals surface area contributed by atoms with Gasteiger partial charge in [-0.25, -0.2) is 4.68 Å². The van der Waals surface area contributed by atoms with Crippen LogP contribution in [0.4, 0.5) is 0 Å². The number of nitrogens with two attached hydrogens (primary N) is 1. The van der Waals surface area contributed by atoms with Crippen LogP contribution in [-0.4, -0.2) is 38.9 Å². The van der Waals surface area contributed by atoms with Crippen LogP contribution < -0.4 is 5.73 Å². The van der Waals surface area contributed by atoms with E-state index >= 15 is 0 Å². The Hall–Kier alpha value is -1.43. The van der Waals surface area contributed by atoms with Gasteiger partial charge in [0.25, 0.3) is 0 Å². The molecule has 0 bridgehead atoms. The van der Waals surface area contributed by atoms with Crippen molar-refractivity contribution in [3.05, 3.63) is 11.9 Å². The maximum atomic E-state index is 11.7. The predicted octanol–water partition coefficient (Wildman–Crippen LogP) is -0.642. The van der Waals surface area contributed by atoms with Crippen LogP contribution in [0.3, 0.4) is 0 Å². The molecule has 0 radical (unpaired) electrons. The van der Waals surface area contributed by atoms with E-state index in [0.717, 1.165) is 12.8 Å². The third-order valence-electron chi connectivity index (χ3n) is 2.58. The van der Waals surface area contributed by atoms with Gasteiger partial charge < -0.3 is 10.6 Å². The van der Waals surface area contributed by atoms with Crippen LogP contribution in [0.25, 0.3) is 0 Å². The molecule has 1 saturated carbocycles. The number of amides is 1. The molecule has 6 heteroatoms. The number of likely N-dealkylation sites (N-methyl/N-ethyl adjacent to an activating group) is 1. The molecule has 1 amide bonds. The number of hydrogen-bond acceptors (Lipinski definition) is 4. The van der Waals surface area contributed by atoms with Gasteiger partial charge in [-0.2, -0.15) is 0 Å². The molecular formula is C9H15N5O. The maximum absolute atomic E-state index is 11.7. The lowest BCUT2D eigenvalue weighted by molar-refractivity contribution is -0.131. The molecule has 1 aromatic heterocycles. The summed E-state index contributed by atoms with van der Waals surface area (Å²) in [5.41, 5.74) is 6.11. The van der Waals surface area contributed by atoms with Gasteiger partial charge in [0.1, 0.15) is 6.54 Å². The van der Waals surface area contributed by atoms with E-state index in [9.17, 15) is 4.79 Å². The Bertz CT molecular complexity index is 357. The highest BCUT2D eigenvalue weighted by molar-refractivity contribution is 5.76. The summed E-state index contributed by atoms with van der Waals surface area (Å²) in [5.74, 6) is 0.0750. The lowest BCUT2D eigenvalue weighted by atomic mass is 10.4. The molecule has 0 unspecified atom stereocenters. The molecule has 0 saturated heterocycles. The van der Waals surface area contributed by atoms with E-state index in [1.807, 2.05) is 7.05 Å². The second-order valence-electron chi connectivity index (χ2n) is 3.85. The van der Waals surface area contributed by atoms with Gasteiger partial charge in [0, 0.05) is 19.6 Å². The van der Waals surface area contributed by atoms with Gasteiger partial charge in [0.05, 0.1) is 11.9 Å². The van der Waals surface area contributed by atoms with Crippen LogP contribution in [0.1, 0.15) is 18.5 Å². The van der Waals surface area contributed by atoms with Gasteiger partial charge in [-0.05, 0) is 12.8 Å². The Labute approximate surface area is 88.0 Å². The summed E-state index contributed by atoms with van der Waals surface area (Å²) in [5, 5.41) is 7.65. The standard InChI is InChI=1S/C9H15N5O/c1-13(8-2-3-8)9(15)6-14-5-7(4-10)11-12-14/h5,8H,2-4,6,10H2,1H3. The number of rotatable bonds is 4. The molecule has 2 N–H and O–H groups in total. The minimum atomic E-state index is 0.0750. The zero-order valence-corrected chi connectivity index (χ0v) is 8.76. The predicted molar refractivity (Wildman–Crippen MR) is 53.7 cm³/mol. The number of nitrogens with zero attached hydrogens (tertiary/aromatic N) is 4. The normalized spacial score (nSPS) is 15.3. The van der Waals surface area contributed by atoms with Crippen molar-refractivity contribution >= 4 is 5.91 Å². The summed E-state index contributed by atoms with van der Waals surface area (Å²) in [6.07, 6.45) is 3.94. The van der Waals surface area contributed by atoms with E-state index < -0.39 is 0 Å². The first kappa shape index (κ1) is 10.1. The Morgan fingerprint density at radius 3 is 3.00 bits per heavy atom. The fraction of sp³-hybridized carbons (Fsp3) is 0.667. The van der Waals surface area contributed by atoms with E-state index in [0.29, 0.717) is 18.3 Å². The molecule has 1 aromatic rings. The van der Waals surface area contributed by atoms with Crippen LogP contribution in [0.15, 0.2) is 6.20 Å². The largest absolute Gasteiger partial charge is 0.341 e. The second-order valence-corrected chi connectivity index (χ2v) is 3.85. The van der Waals surface area contributed by atoms with E-state index in [-0.39, 0.29) is 12.5 Å². The van der Waals surface area contributed by atoms with Crippen molar-refractivity contribution in [1.82, 2.24) is 19.9 Å². The molecule has 0 spiro atoms. The van der Waals surface area contributed by atoms with Crippen molar-refractivity contribution in [1.29, 1.82) is 0 Å². The molecule has 15 heavy (non-hydrogen) atoms. The first-order chi connectivity index (χ1) is 7.20. The number of hydrogen-bond donors (Lipinski definition) is 1. The summed E-state index contributed by atoms with van der Waals surface area (Å²) < 4.78 is 1.53. The van der Waals surface area contributed by atoms with E-state index in [1.165, 1.54) is 4.68 Å². The molecule has 1 fully saturated rings. The molecular weight excluding hydrogens is 194 g/mol. The van der Waals surface area contributed by atoms with Gasteiger partial charge >= 0.3 is 0 Å². The van der Waals surface area contributed by atoms with Crippen molar-refractivity contribution in [3.63, 3.8) is 0 Å². The molecule has 6 nitrogen and oxygen atoms in total. The zero-order chi connectivity index (χ0) is 10.8. The summed E-state index contributed by atoms with van der Waals surface area (Å²) in [6, 6.07) is 0.440. The van der Waals surface area contributed by atoms with Crippen molar-refractivity contribution in [2.24, 2.45) is 5.73 Å². The van der Waals surface area contributed by atoms with Crippen molar-refractivity contribution in [3.8, 4) is 0 Å². The highest BCUT2D eigenvalue weighted by Gasteiger charge is 2.29. The average molecular weight is 209 g/mol. The number of carbonyl (C=O) groups is 1. The molecule has 82 valence electrons. The smallest absolute Gasteiger partial charge is 0.244 e. The average Bonchev–Trinajstić information content (AvgIpc) is 2.98. The van der Waals surface area contributed by atoms with E-state index in [2.05, 4.69) is 10.3 Å². The molecule has 1 aliphatic carbocycles. The lowest BCUT2D eigenvalue weighted by Crippen LogP contribution is -2.32. The van der Waals surface area contributed by atoms with Crippen LogP contribution >= 0.6 is 0 Å². The Balaban J connectivity index is 1.92. The minimum absolute atomic E-state index is 0.0750.